The van der Waals surface area contributed by atoms with Crippen LogP contribution in [-0.4, -0.2) is 30.3 Å². The van der Waals surface area contributed by atoms with Gasteiger partial charge in [0.25, 0.3) is 0 Å². The number of benzene rings is 1. The van der Waals surface area contributed by atoms with Gasteiger partial charge in [-0.3, -0.25) is 0 Å². The van der Waals surface area contributed by atoms with Crippen molar-refractivity contribution in [2.45, 2.75) is 26.4 Å². The van der Waals surface area contributed by atoms with Crippen LogP contribution >= 0.6 is 15.9 Å². The van der Waals surface area contributed by atoms with E-state index in [1.54, 1.807) is 0 Å². The molecule has 0 aliphatic heterocycles. The second kappa shape index (κ2) is 7.35. The van der Waals surface area contributed by atoms with E-state index in [1.807, 2.05) is 19.1 Å². The third kappa shape index (κ3) is 4.40. The van der Waals surface area contributed by atoms with Gasteiger partial charge in [-0.05, 0) is 60.4 Å². The number of carboxylic acid groups (broad SMARTS) is 1. The lowest BCUT2D eigenvalue weighted by Crippen LogP contribution is -2.23. The molecule has 0 amide bonds. The SMILES string of the molecule is CCOc1cc(CCN)cc(Br)c1OC(C)C(=O)O. The van der Waals surface area contributed by atoms with Crippen LogP contribution in [0.3, 0.4) is 0 Å². The summed E-state index contributed by atoms with van der Waals surface area (Å²) in [6.07, 6.45) is -0.233. The maximum Gasteiger partial charge on any atom is 0.344 e. The molecule has 1 atom stereocenters. The summed E-state index contributed by atoms with van der Waals surface area (Å²) in [5, 5.41) is 8.90. The second-order valence-corrected chi connectivity index (χ2v) is 4.83. The van der Waals surface area contributed by atoms with Crippen molar-refractivity contribution in [1.29, 1.82) is 0 Å². The van der Waals surface area contributed by atoms with Crippen molar-refractivity contribution in [3.05, 3.63) is 22.2 Å². The molecule has 0 aliphatic rings. The van der Waals surface area contributed by atoms with Gasteiger partial charge in [-0.25, -0.2) is 4.79 Å². The molecule has 0 saturated carbocycles. The fourth-order valence-electron chi connectivity index (χ4n) is 1.54. The number of hydrogen-bond donors (Lipinski definition) is 2. The highest BCUT2D eigenvalue weighted by Gasteiger charge is 2.19. The number of ether oxygens (including phenoxy) is 2. The van der Waals surface area contributed by atoms with E-state index in [1.165, 1.54) is 6.92 Å². The second-order valence-electron chi connectivity index (χ2n) is 3.97. The van der Waals surface area contributed by atoms with E-state index in [9.17, 15) is 4.79 Å². The van der Waals surface area contributed by atoms with Crippen LogP contribution in [0.1, 0.15) is 19.4 Å². The largest absolute Gasteiger partial charge is 0.490 e. The highest BCUT2D eigenvalue weighted by Crippen LogP contribution is 2.37. The lowest BCUT2D eigenvalue weighted by Gasteiger charge is -2.17. The molecule has 1 aromatic carbocycles. The molecule has 0 aromatic heterocycles. The number of nitrogens with two attached hydrogens (primary N) is 1. The lowest BCUT2D eigenvalue weighted by molar-refractivity contribution is -0.144. The standard InChI is InChI=1S/C13H18BrNO4/c1-3-18-11-7-9(4-5-15)6-10(14)12(11)19-8(2)13(16)17/h6-8H,3-5,15H2,1-2H3,(H,16,17). The first-order valence-corrected chi connectivity index (χ1v) is 6.83. The molecule has 0 radical (unpaired) electrons. The summed E-state index contributed by atoms with van der Waals surface area (Å²) in [5.74, 6) is -0.105. The number of rotatable bonds is 7. The van der Waals surface area contributed by atoms with Crippen LogP contribution < -0.4 is 15.2 Å². The van der Waals surface area contributed by atoms with Crippen LogP contribution in [-0.2, 0) is 11.2 Å². The van der Waals surface area contributed by atoms with Crippen molar-refractivity contribution in [3.8, 4) is 11.5 Å². The van der Waals surface area contributed by atoms with Gasteiger partial charge in [0.05, 0.1) is 11.1 Å². The molecular weight excluding hydrogens is 314 g/mol. The lowest BCUT2D eigenvalue weighted by atomic mass is 10.1. The van der Waals surface area contributed by atoms with Gasteiger partial charge in [-0.2, -0.15) is 0 Å². The first kappa shape index (κ1) is 15.8. The smallest absolute Gasteiger partial charge is 0.344 e. The molecule has 0 bridgehead atoms. The minimum absolute atomic E-state index is 0.400. The summed E-state index contributed by atoms with van der Waals surface area (Å²) in [7, 11) is 0. The van der Waals surface area contributed by atoms with Crippen molar-refractivity contribution in [2.75, 3.05) is 13.2 Å². The first-order valence-electron chi connectivity index (χ1n) is 6.04. The Balaban J connectivity index is 3.09. The quantitative estimate of drug-likeness (QED) is 0.800. The summed E-state index contributed by atoms with van der Waals surface area (Å²) in [6.45, 7) is 4.33. The van der Waals surface area contributed by atoms with E-state index >= 15 is 0 Å². The maximum absolute atomic E-state index is 10.9. The van der Waals surface area contributed by atoms with Gasteiger partial charge < -0.3 is 20.3 Å². The van der Waals surface area contributed by atoms with Gasteiger partial charge in [0.1, 0.15) is 0 Å². The van der Waals surface area contributed by atoms with Crippen molar-refractivity contribution >= 4 is 21.9 Å². The predicted octanol–water partition coefficient (Wildman–Crippen LogP) is 2.20. The van der Waals surface area contributed by atoms with Crippen molar-refractivity contribution < 1.29 is 19.4 Å². The molecule has 1 aromatic rings. The van der Waals surface area contributed by atoms with Crippen LogP contribution in [0, 0.1) is 0 Å². The number of halogens is 1. The van der Waals surface area contributed by atoms with E-state index in [0.717, 1.165) is 5.56 Å². The predicted molar refractivity (Wildman–Crippen MR) is 75.8 cm³/mol. The Morgan fingerprint density at radius 3 is 2.74 bits per heavy atom. The van der Waals surface area contributed by atoms with E-state index in [-0.39, 0.29) is 0 Å². The van der Waals surface area contributed by atoms with Gasteiger partial charge in [-0.1, -0.05) is 0 Å². The molecule has 106 valence electrons. The van der Waals surface area contributed by atoms with E-state index in [0.29, 0.717) is 35.5 Å². The van der Waals surface area contributed by atoms with Crippen molar-refractivity contribution in [2.24, 2.45) is 5.73 Å². The Labute approximate surface area is 120 Å². The molecule has 5 nitrogen and oxygen atoms in total. The summed E-state index contributed by atoms with van der Waals surface area (Å²) >= 11 is 3.38. The average Bonchev–Trinajstić information content (AvgIpc) is 2.34. The molecule has 3 N–H and O–H groups in total. The van der Waals surface area contributed by atoms with Gasteiger partial charge >= 0.3 is 5.97 Å². The summed E-state index contributed by atoms with van der Waals surface area (Å²) in [6, 6.07) is 3.68. The van der Waals surface area contributed by atoms with Crippen molar-refractivity contribution in [1.82, 2.24) is 0 Å². The number of aliphatic carboxylic acids is 1. The molecule has 1 unspecified atom stereocenters. The van der Waals surface area contributed by atoms with Gasteiger partial charge in [0, 0.05) is 0 Å². The molecular formula is C13H18BrNO4. The molecule has 0 saturated heterocycles. The number of hydrogen-bond acceptors (Lipinski definition) is 4. The normalized spacial score (nSPS) is 12.0. The third-order valence-corrected chi connectivity index (χ3v) is 3.03. The monoisotopic (exact) mass is 331 g/mol. The van der Waals surface area contributed by atoms with Crippen LogP contribution in [0.15, 0.2) is 16.6 Å². The van der Waals surface area contributed by atoms with Crippen LogP contribution in [0.25, 0.3) is 0 Å². The molecule has 6 heteroatoms. The molecule has 1 rings (SSSR count). The molecule has 0 fully saturated rings. The molecule has 19 heavy (non-hydrogen) atoms. The maximum atomic E-state index is 10.9. The summed E-state index contributed by atoms with van der Waals surface area (Å²) in [5.41, 5.74) is 6.54. The Morgan fingerprint density at radius 1 is 1.53 bits per heavy atom. The number of carboxylic acids is 1. The zero-order valence-corrected chi connectivity index (χ0v) is 12.6. The van der Waals surface area contributed by atoms with Crippen LogP contribution in [0.2, 0.25) is 0 Å². The fraction of sp³-hybridized carbons (Fsp3) is 0.462. The highest BCUT2D eigenvalue weighted by atomic mass is 79.9. The van der Waals surface area contributed by atoms with Crippen LogP contribution in [0.4, 0.5) is 0 Å². The summed E-state index contributed by atoms with van der Waals surface area (Å²) < 4.78 is 11.6. The fourth-order valence-corrected chi connectivity index (χ4v) is 2.12. The molecule has 0 aliphatic carbocycles. The van der Waals surface area contributed by atoms with Crippen molar-refractivity contribution in [3.63, 3.8) is 0 Å². The molecule has 0 heterocycles. The minimum atomic E-state index is -1.03. The zero-order chi connectivity index (χ0) is 14.4. The summed E-state index contributed by atoms with van der Waals surface area (Å²) in [4.78, 5) is 10.9. The van der Waals surface area contributed by atoms with Crippen LogP contribution in [0.5, 0.6) is 11.5 Å². The molecule has 0 spiro atoms. The zero-order valence-electron chi connectivity index (χ0n) is 11.0. The average molecular weight is 332 g/mol. The Morgan fingerprint density at radius 2 is 2.21 bits per heavy atom. The first-order chi connectivity index (χ1) is 8.99. The Hall–Kier alpha value is -1.27. The Kier molecular flexibility index (Phi) is 6.11. The van der Waals surface area contributed by atoms with E-state index < -0.39 is 12.1 Å². The highest BCUT2D eigenvalue weighted by molar-refractivity contribution is 9.10. The topological polar surface area (TPSA) is 81.8 Å². The third-order valence-electron chi connectivity index (χ3n) is 2.44. The number of carbonyl (C=O) groups is 1. The van der Waals surface area contributed by atoms with Gasteiger partial charge in [0.15, 0.2) is 17.6 Å². The minimum Gasteiger partial charge on any atom is -0.490 e. The van der Waals surface area contributed by atoms with Gasteiger partial charge in [0.2, 0.25) is 0 Å². The van der Waals surface area contributed by atoms with Gasteiger partial charge in [-0.15, -0.1) is 0 Å². The van der Waals surface area contributed by atoms with E-state index in [4.69, 9.17) is 20.3 Å². The Bertz CT molecular complexity index is 451. The van der Waals surface area contributed by atoms with E-state index in [2.05, 4.69) is 15.9 Å².